The van der Waals surface area contributed by atoms with E-state index >= 15 is 0 Å². The van der Waals surface area contributed by atoms with Gasteiger partial charge in [-0.1, -0.05) is 19.8 Å². The van der Waals surface area contributed by atoms with Crippen molar-refractivity contribution in [3.63, 3.8) is 0 Å². The molecule has 0 aromatic carbocycles. The second-order valence-corrected chi connectivity index (χ2v) is 7.65. The van der Waals surface area contributed by atoms with Crippen molar-refractivity contribution in [2.24, 2.45) is 0 Å². The summed E-state index contributed by atoms with van der Waals surface area (Å²) in [5, 5.41) is 3.41. The molecule has 1 aliphatic carbocycles. The van der Waals surface area contributed by atoms with Gasteiger partial charge in [-0.15, -0.1) is 11.3 Å². The number of nitrogens with zero attached hydrogens (tertiary/aromatic N) is 2. The van der Waals surface area contributed by atoms with Crippen molar-refractivity contribution in [2.45, 2.75) is 51.7 Å². The summed E-state index contributed by atoms with van der Waals surface area (Å²) in [5.41, 5.74) is 0. The Morgan fingerprint density at radius 3 is 2.52 bits per heavy atom. The Labute approximate surface area is 133 Å². The SMILES string of the molecule is CCNCc1ccc(CN2CCN(C3CCCC3)CC2)s1. The Hall–Kier alpha value is -0.420. The van der Waals surface area contributed by atoms with Gasteiger partial charge in [0.2, 0.25) is 0 Å². The predicted octanol–water partition coefficient (Wildman–Crippen LogP) is 2.92. The van der Waals surface area contributed by atoms with E-state index in [1.807, 2.05) is 11.3 Å². The van der Waals surface area contributed by atoms with Crippen molar-refractivity contribution in [2.75, 3.05) is 32.7 Å². The maximum absolute atomic E-state index is 3.41. The number of nitrogens with one attached hydrogen (secondary N) is 1. The maximum Gasteiger partial charge on any atom is 0.0329 e. The second kappa shape index (κ2) is 7.73. The fourth-order valence-electron chi connectivity index (χ4n) is 3.63. The lowest BCUT2D eigenvalue weighted by atomic mass is 10.2. The number of piperazine rings is 1. The van der Waals surface area contributed by atoms with Crippen LogP contribution in [0.2, 0.25) is 0 Å². The topological polar surface area (TPSA) is 18.5 Å². The molecular formula is C17H29N3S. The lowest BCUT2D eigenvalue weighted by molar-refractivity contribution is 0.0943. The second-order valence-electron chi connectivity index (χ2n) is 6.40. The Kier molecular flexibility index (Phi) is 5.69. The van der Waals surface area contributed by atoms with Gasteiger partial charge in [-0.25, -0.2) is 0 Å². The lowest BCUT2D eigenvalue weighted by Crippen LogP contribution is -2.49. The molecule has 3 nitrogen and oxygen atoms in total. The van der Waals surface area contributed by atoms with E-state index in [-0.39, 0.29) is 0 Å². The monoisotopic (exact) mass is 307 g/mol. The predicted molar refractivity (Wildman–Crippen MR) is 90.8 cm³/mol. The quantitative estimate of drug-likeness (QED) is 0.872. The van der Waals surface area contributed by atoms with Crippen LogP contribution in [0, 0.1) is 0 Å². The number of hydrogen-bond donors (Lipinski definition) is 1. The molecule has 0 radical (unpaired) electrons. The molecular weight excluding hydrogens is 278 g/mol. The van der Waals surface area contributed by atoms with Crippen LogP contribution in [0.15, 0.2) is 12.1 Å². The van der Waals surface area contributed by atoms with Gasteiger partial charge in [0.25, 0.3) is 0 Å². The van der Waals surface area contributed by atoms with E-state index < -0.39 is 0 Å². The van der Waals surface area contributed by atoms with Crippen LogP contribution < -0.4 is 5.32 Å². The zero-order valence-corrected chi connectivity index (χ0v) is 14.1. The van der Waals surface area contributed by atoms with Crippen molar-refractivity contribution in [3.05, 3.63) is 21.9 Å². The molecule has 1 aromatic rings. The van der Waals surface area contributed by atoms with Crippen molar-refractivity contribution in [1.82, 2.24) is 15.1 Å². The summed E-state index contributed by atoms with van der Waals surface area (Å²) < 4.78 is 0. The van der Waals surface area contributed by atoms with E-state index in [9.17, 15) is 0 Å². The largest absolute Gasteiger partial charge is 0.312 e. The molecule has 2 heterocycles. The molecule has 0 spiro atoms. The van der Waals surface area contributed by atoms with Gasteiger partial charge in [0, 0.05) is 55.1 Å². The van der Waals surface area contributed by atoms with Crippen molar-refractivity contribution >= 4 is 11.3 Å². The molecule has 1 aliphatic heterocycles. The average Bonchev–Trinajstić information content (AvgIpc) is 3.17. The summed E-state index contributed by atoms with van der Waals surface area (Å²) in [6.45, 7) is 10.4. The molecule has 0 bridgehead atoms. The summed E-state index contributed by atoms with van der Waals surface area (Å²) >= 11 is 1.97. The van der Waals surface area contributed by atoms with Crippen molar-refractivity contribution in [3.8, 4) is 0 Å². The summed E-state index contributed by atoms with van der Waals surface area (Å²) in [5.74, 6) is 0. The standard InChI is InChI=1S/C17H29N3S/c1-2-18-13-16-7-8-17(21-16)14-19-9-11-20(12-10-19)15-5-3-4-6-15/h7-8,15,18H,2-6,9-14H2,1H3. The molecule has 3 rings (SSSR count). The van der Waals surface area contributed by atoms with Gasteiger partial charge in [0.05, 0.1) is 0 Å². The van der Waals surface area contributed by atoms with Crippen LogP contribution in [0.4, 0.5) is 0 Å². The summed E-state index contributed by atoms with van der Waals surface area (Å²) in [6, 6.07) is 5.51. The van der Waals surface area contributed by atoms with Gasteiger partial charge in [-0.3, -0.25) is 9.80 Å². The molecule has 0 unspecified atom stereocenters. The Balaban J connectivity index is 1.43. The number of rotatable bonds is 6. The number of hydrogen-bond acceptors (Lipinski definition) is 4. The van der Waals surface area contributed by atoms with Crippen LogP contribution in [-0.2, 0) is 13.1 Å². The van der Waals surface area contributed by atoms with Gasteiger partial charge in [-0.05, 0) is 31.5 Å². The highest BCUT2D eigenvalue weighted by Gasteiger charge is 2.26. The molecule has 0 atom stereocenters. The van der Waals surface area contributed by atoms with Crippen molar-refractivity contribution < 1.29 is 0 Å². The highest BCUT2D eigenvalue weighted by Crippen LogP contribution is 2.25. The van der Waals surface area contributed by atoms with Gasteiger partial charge in [0.15, 0.2) is 0 Å². The fraction of sp³-hybridized carbons (Fsp3) is 0.765. The summed E-state index contributed by atoms with van der Waals surface area (Å²) in [6.07, 6.45) is 5.79. The van der Waals surface area contributed by atoms with E-state index in [4.69, 9.17) is 0 Å². The normalized spacial score (nSPS) is 22.1. The third-order valence-corrected chi connectivity index (χ3v) is 5.96. The third-order valence-electron chi connectivity index (χ3n) is 4.89. The first-order valence-corrected chi connectivity index (χ1v) is 9.41. The summed E-state index contributed by atoms with van der Waals surface area (Å²) in [7, 11) is 0. The highest BCUT2D eigenvalue weighted by atomic mass is 32.1. The van der Waals surface area contributed by atoms with Crippen LogP contribution >= 0.6 is 11.3 Å². The lowest BCUT2D eigenvalue weighted by Gasteiger charge is -2.37. The maximum atomic E-state index is 3.41. The molecule has 21 heavy (non-hydrogen) atoms. The minimum atomic E-state index is 0.903. The highest BCUT2D eigenvalue weighted by molar-refractivity contribution is 7.11. The summed E-state index contributed by atoms with van der Waals surface area (Å²) in [4.78, 5) is 8.37. The number of thiophene rings is 1. The first-order chi connectivity index (χ1) is 10.3. The van der Waals surface area contributed by atoms with Gasteiger partial charge < -0.3 is 5.32 Å². The van der Waals surface area contributed by atoms with E-state index in [0.29, 0.717) is 0 Å². The van der Waals surface area contributed by atoms with Crippen LogP contribution in [-0.4, -0.2) is 48.6 Å². The van der Waals surface area contributed by atoms with Gasteiger partial charge in [0.1, 0.15) is 0 Å². The smallest absolute Gasteiger partial charge is 0.0329 e. The van der Waals surface area contributed by atoms with E-state index in [1.54, 1.807) is 0 Å². The Bertz CT molecular complexity index is 417. The first-order valence-electron chi connectivity index (χ1n) is 8.60. The van der Waals surface area contributed by atoms with Gasteiger partial charge in [-0.2, -0.15) is 0 Å². The first kappa shape index (κ1) is 15.5. The molecule has 1 saturated carbocycles. The Morgan fingerprint density at radius 2 is 1.81 bits per heavy atom. The molecule has 1 saturated heterocycles. The molecule has 118 valence electrons. The van der Waals surface area contributed by atoms with Gasteiger partial charge >= 0.3 is 0 Å². The van der Waals surface area contributed by atoms with Crippen LogP contribution in [0.25, 0.3) is 0 Å². The molecule has 4 heteroatoms. The molecule has 2 fully saturated rings. The molecule has 1 N–H and O–H groups in total. The van der Waals surface area contributed by atoms with E-state index in [1.165, 1.54) is 61.6 Å². The molecule has 2 aliphatic rings. The van der Waals surface area contributed by atoms with E-state index in [0.717, 1.165) is 25.7 Å². The van der Waals surface area contributed by atoms with Crippen LogP contribution in [0.1, 0.15) is 42.4 Å². The average molecular weight is 308 g/mol. The van der Waals surface area contributed by atoms with Crippen LogP contribution in [0.5, 0.6) is 0 Å². The zero-order chi connectivity index (χ0) is 14.5. The third kappa shape index (κ3) is 4.28. The fourth-order valence-corrected chi connectivity index (χ4v) is 4.66. The van der Waals surface area contributed by atoms with Crippen LogP contribution in [0.3, 0.4) is 0 Å². The van der Waals surface area contributed by atoms with E-state index in [2.05, 4.69) is 34.2 Å². The van der Waals surface area contributed by atoms with Crippen molar-refractivity contribution in [1.29, 1.82) is 0 Å². The minimum absolute atomic E-state index is 0.903. The minimum Gasteiger partial charge on any atom is -0.312 e. The molecule has 0 amide bonds. The zero-order valence-electron chi connectivity index (χ0n) is 13.3. The molecule has 1 aromatic heterocycles. The Morgan fingerprint density at radius 1 is 1.10 bits per heavy atom.